The van der Waals surface area contributed by atoms with Crippen molar-refractivity contribution in [3.63, 3.8) is 0 Å². The zero-order valence-corrected chi connectivity index (χ0v) is 19.1. The van der Waals surface area contributed by atoms with Gasteiger partial charge in [0, 0.05) is 37.1 Å². The fraction of sp³-hybridized carbons (Fsp3) is 0.348. The summed E-state index contributed by atoms with van der Waals surface area (Å²) in [4.78, 5) is 7.26. The molecule has 164 valence electrons. The van der Waals surface area contributed by atoms with Crippen LogP contribution in [0.15, 0.2) is 58.8 Å². The lowest BCUT2D eigenvalue weighted by Gasteiger charge is -2.33. The third-order valence-electron chi connectivity index (χ3n) is 5.48. The van der Waals surface area contributed by atoms with Crippen LogP contribution in [0, 0.1) is 5.82 Å². The Morgan fingerprint density at radius 1 is 1.00 bits per heavy atom. The number of rotatable bonds is 7. The van der Waals surface area contributed by atoms with E-state index in [1.54, 1.807) is 39.9 Å². The molecule has 0 radical (unpaired) electrons. The van der Waals surface area contributed by atoms with Crippen LogP contribution in [0.1, 0.15) is 23.9 Å². The van der Waals surface area contributed by atoms with E-state index < -0.39 is 10.0 Å². The van der Waals surface area contributed by atoms with Crippen molar-refractivity contribution in [3.8, 4) is 11.3 Å². The van der Waals surface area contributed by atoms with Crippen LogP contribution in [0.3, 0.4) is 0 Å². The second-order valence-electron chi connectivity index (χ2n) is 7.71. The third kappa shape index (κ3) is 5.20. The summed E-state index contributed by atoms with van der Waals surface area (Å²) in [5.74, 6) is -0.260. The van der Waals surface area contributed by atoms with Gasteiger partial charge in [-0.15, -0.1) is 11.3 Å². The molecule has 0 atom stereocenters. The number of halogens is 1. The zero-order chi connectivity index (χ0) is 21.8. The molecule has 8 heteroatoms. The van der Waals surface area contributed by atoms with E-state index in [9.17, 15) is 12.8 Å². The average molecular weight is 460 g/mol. The molecule has 0 aliphatic carbocycles. The van der Waals surface area contributed by atoms with E-state index >= 15 is 0 Å². The van der Waals surface area contributed by atoms with Crippen molar-refractivity contribution in [2.24, 2.45) is 0 Å². The fourth-order valence-electron chi connectivity index (χ4n) is 3.72. The highest BCUT2D eigenvalue weighted by molar-refractivity contribution is 7.89. The highest BCUT2D eigenvalue weighted by Gasteiger charge is 2.28. The van der Waals surface area contributed by atoms with Gasteiger partial charge in [-0.2, -0.15) is 4.31 Å². The van der Waals surface area contributed by atoms with Gasteiger partial charge in [0.25, 0.3) is 0 Å². The Kier molecular flexibility index (Phi) is 6.81. The lowest BCUT2D eigenvalue weighted by molar-refractivity contribution is 0.181. The molecule has 0 N–H and O–H groups in total. The van der Waals surface area contributed by atoms with E-state index in [-0.39, 0.29) is 5.82 Å². The molecule has 2 aromatic carbocycles. The maximum Gasteiger partial charge on any atom is 0.243 e. The minimum Gasteiger partial charge on any atom is -0.294 e. The van der Waals surface area contributed by atoms with Crippen LogP contribution in [0.5, 0.6) is 0 Å². The van der Waals surface area contributed by atoms with E-state index in [2.05, 4.69) is 16.8 Å². The number of hydrogen-bond acceptors (Lipinski definition) is 5. The van der Waals surface area contributed by atoms with Crippen LogP contribution in [0.4, 0.5) is 4.39 Å². The lowest BCUT2D eigenvalue weighted by atomic mass is 10.1. The van der Waals surface area contributed by atoms with Crippen molar-refractivity contribution in [1.29, 1.82) is 0 Å². The number of sulfonamides is 1. The van der Waals surface area contributed by atoms with Gasteiger partial charge in [0.05, 0.1) is 17.1 Å². The molecule has 31 heavy (non-hydrogen) atoms. The number of benzene rings is 2. The monoisotopic (exact) mass is 459 g/mol. The van der Waals surface area contributed by atoms with Gasteiger partial charge in [0.15, 0.2) is 0 Å². The normalized spacial score (nSPS) is 15.9. The predicted octanol–water partition coefficient (Wildman–Crippen LogP) is 4.41. The van der Waals surface area contributed by atoms with Gasteiger partial charge in [-0.25, -0.2) is 17.8 Å². The lowest BCUT2D eigenvalue weighted by Crippen LogP contribution is -2.48. The highest BCUT2D eigenvalue weighted by atomic mass is 32.2. The Morgan fingerprint density at radius 3 is 2.32 bits per heavy atom. The topological polar surface area (TPSA) is 53.5 Å². The summed E-state index contributed by atoms with van der Waals surface area (Å²) < 4.78 is 40.6. The number of hydrogen-bond donors (Lipinski definition) is 0. The molecule has 1 saturated heterocycles. The standard InChI is InChI=1S/C23H26FN3O2S2/c1-2-3-18-4-10-21(11-5-18)31(28,29)27-14-12-26(13-15-27)16-23-25-22(17-30-23)19-6-8-20(24)9-7-19/h4-11,17H,2-3,12-16H2,1H3. The molecule has 1 aliphatic heterocycles. The van der Waals surface area contributed by atoms with Crippen molar-refractivity contribution in [1.82, 2.24) is 14.2 Å². The second kappa shape index (κ2) is 9.56. The van der Waals surface area contributed by atoms with Crippen LogP contribution >= 0.6 is 11.3 Å². The summed E-state index contributed by atoms with van der Waals surface area (Å²) in [7, 11) is -3.46. The number of nitrogens with zero attached hydrogens (tertiary/aromatic N) is 3. The van der Waals surface area contributed by atoms with Crippen molar-refractivity contribution in [2.75, 3.05) is 26.2 Å². The van der Waals surface area contributed by atoms with Crippen LogP contribution in [-0.4, -0.2) is 48.8 Å². The molecule has 0 amide bonds. The minimum absolute atomic E-state index is 0.260. The van der Waals surface area contributed by atoms with E-state index in [0.717, 1.165) is 34.7 Å². The van der Waals surface area contributed by atoms with Gasteiger partial charge in [-0.3, -0.25) is 4.90 Å². The maximum absolute atomic E-state index is 13.1. The first-order valence-electron chi connectivity index (χ1n) is 10.5. The molecule has 4 rings (SSSR count). The quantitative estimate of drug-likeness (QED) is 0.525. The predicted molar refractivity (Wildman–Crippen MR) is 122 cm³/mol. The summed E-state index contributed by atoms with van der Waals surface area (Å²) in [6, 6.07) is 13.6. The van der Waals surface area contributed by atoms with Gasteiger partial charge in [0.2, 0.25) is 10.0 Å². The summed E-state index contributed by atoms with van der Waals surface area (Å²) >= 11 is 1.57. The minimum atomic E-state index is -3.46. The molecule has 3 aromatic rings. The van der Waals surface area contributed by atoms with E-state index in [4.69, 9.17) is 0 Å². The summed E-state index contributed by atoms with van der Waals surface area (Å²) in [6.07, 6.45) is 2.00. The first-order valence-corrected chi connectivity index (χ1v) is 12.8. The first-order chi connectivity index (χ1) is 15.0. The Morgan fingerprint density at radius 2 is 1.68 bits per heavy atom. The van der Waals surface area contributed by atoms with E-state index in [1.165, 1.54) is 12.1 Å². The molecule has 2 heterocycles. The summed E-state index contributed by atoms with van der Waals surface area (Å²) in [5, 5.41) is 2.95. The van der Waals surface area contributed by atoms with Crippen molar-refractivity contribution in [2.45, 2.75) is 31.2 Å². The Labute approximate surface area is 187 Å². The molecule has 0 unspecified atom stereocenters. The average Bonchev–Trinajstić information content (AvgIpc) is 3.24. The second-order valence-corrected chi connectivity index (χ2v) is 10.6. The Balaban J connectivity index is 1.35. The maximum atomic E-state index is 13.1. The number of aryl methyl sites for hydroxylation is 1. The van der Waals surface area contributed by atoms with Gasteiger partial charge < -0.3 is 0 Å². The Bertz CT molecular complexity index is 1100. The van der Waals surface area contributed by atoms with E-state index in [0.29, 0.717) is 37.6 Å². The van der Waals surface area contributed by atoms with Crippen LogP contribution < -0.4 is 0 Å². The van der Waals surface area contributed by atoms with Crippen molar-refractivity contribution >= 4 is 21.4 Å². The van der Waals surface area contributed by atoms with E-state index in [1.807, 2.05) is 17.5 Å². The van der Waals surface area contributed by atoms with Crippen LogP contribution in [-0.2, 0) is 23.0 Å². The van der Waals surface area contributed by atoms with Crippen molar-refractivity contribution in [3.05, 3.63) is 70.3 Å². The molecule has 1 aliphatic rings. The summed E-state index contributed by atoms with van der Waals surface area (Å²) in [5.41, 5.74) is 2.90. The van der Waals surface area contributed by atoms with Gasteiger partial charge in [-0.05, 0) is 48.4 Å². The van der Waals surface area contributed by atoms with Crippen LogP contribution in [0.25, 0.3) is 11.3 Å². The number of thiazole rings is 1. The molecule has 0 bridgehead atoms. The fourth-order valence-corrected chi connectivity index (χ4v) is 5.99. The smallest absolute Gasteiger partial charge is 0.243 e. The molecular weight excluding hydrogens is 433 g/mol. The first kappa shape index (κ1) is 22.1. The van der Waals surface area contributed by atoms with Gasteiger partial charge in [0.1, 0.15) is 10.8 Å². The third-order valence-corrected chi connectivity index (χ3v) is 8.23. The largest absolute Gasteiger partial charge is 0.294 e. The number of aromatic nitrogens is 1. The SMILES string of the molecule is CCCc1ccc(S(=O)(=O)N2CCN(Cc3nc(-c4ccc(F)cc4)cs3)CC2)cc1. The Hall–Kier alpha value is -2.13. The molecule has 1 fully saturated rings. The van der Waals surface area contributed by atoms with Crippen molar-refractivity contribution < 1.29 is 12.8 Å². The van der Waals surface area contributed by atoms with Gasteiger partial charge >= 0.3 is 0 Å². The summed E-state index contributed by atoms with van der Waals surface area (Å²) in [6.45, 7) is 5.06. The molecule has 1 aromatic heterocycles. The zero-order valence-electron chi connectivity index (χ0n) is 17.5. The number of piperazine rings is 1. The molecular formula is C23H26FN3O2S2. The highest BCUT2D eigenvalue weighted by Crippen LogP contribution is 2.24. The molecule has 5 nitrogen and oxygen atoms in total. The van der Waals surface area contributed by atoms with Crippen LogP contribution in [0.2, 0.25) is 0 Å². The van der Waals surface area contributed by atoms with Gasteiger partial charge in [-0.1, -0.05) is 25.5 Å². The molecule has 0 spiro atoms. The molecule has 0 saturated carbocycles.